The van der Waals surface area contributed by atoms with E-state index < -0.39 is 6.10 Å². The molecule has 3 atom stereocenters. The van der Waals surface area contributed by atoms with Crippen LogP contribution in [0.15, 0.2) is 18.2 Å². The summed E-state index contributed by atoms with van der Waals surface area (Å²) in [4.78, 5) is 2.29. The van der Waals surface area contributed by atoms with Crippen molar-refractivity contribution >= 4 is 5.69 Å². The number of fused-ring (bicyclic) bond motifs is 1. The van der Waals surface area contributed by atoms with E-state index in [9.17, 15) is 9.50 Å². The Morgan fingerprint density at radius 3 is 3.05 bits per heavy atom. The summed E-state index contributed by atoms with van der Waals surface area (Å²) in [5.74, 6) is -0.295. The second-order valence-corrected chi connectivity index (χ2v) is 5.48. The highest BCUT2D eigenvalue weighted by molar-refractivity contribution is 5.56. The number of aliphatic hydroxyl groups is 1. The van der Waals surface area contributed by atoms with Gasteiger partial charge in [0, 0.05) is 17.8 Å². The summed E-state index contributed by atoms with van der Waals surface area (Å²) in [6.07, 6.45) is 3.03. The van der Waals surface area contributed by atoms with Crippen molar-refractivity contribution in [2.45, 2.75) is 44.4 Å². The third-order valence-electron chi connectivity index (χ3n) is 4.23. The number of morpholine rings is 1. The lowest BCUT2D eigenvalue weighted by Gasteiger charge is -2.40. The van der Waals surface area contributed by atoms with Crippen LogP contribution in [0.3, 0.4) is 0 Å². The SMILES string of the molecule is CC(O)c1cc(F)ccc1N1CCOC2CCCC21. The first-order valence-electron chi connectivity index (χ1n) is 7.02. The molecule has 1 aliphatic heterocycles. The summed E-state index contributed by atoms with van der Waals surface area (Å²) in [5.41, 5.74) is 1.63. The number of anilines is 1. The van der Waals surface area contributed by atoms with E-state index in [0.717, 1.165) is 25.1 Å². The maximum atomic E-state index is 13.4. The minimum absolute atomic E-state index is 0.292. The summed E-state index contributed by atoms with van der Waals surface area (Å²) >= 11 is 0. The molecule has 3 nitrogen and oxygen atoms in total. The molecule has 1 aliphatic carbocycles. The van der Waals surface area contributed by atoms with Gasteiger partial charge in [-0.15, -0.1) is 0 Å². The van der Waals surface area contributed by atoms with E-state index in [4.69, 9.17) is 4.74 Å². The topological polar surface area (TPSA) is 32.7 Å². The molecule has 0 spiro atoms. The Morgan fingerprint density at radius 2 is 2.26 bits per heavy atom. The third kappa shape index (κ3) is 2.35. The minimum Gasteiger partial charge on any atom is -0.389 e. The Kier molecular flexibility index (Phi) is 3.46. The second kappa shape index (κ2) is 5.10. The monoisotopic (exact) mass is 265 g/mol. The molecule has 1 aromatic rings. The molecule has 1 N–H and O–H groups in total. The van der Waals surface area contributed by atoms with Crippen molar-refractivity contribution in [1.82, 2.24) is 0 Å². The van der Waals surface area contributed by atoms with E-state index in [-0.39, 0.29) is 5.82 Å². The average molecular weight is 265 g/mol. The molecule has 1 saturated heterocycles. The number of hydrogen-bond donors (Lipinski definition) is 1. The highest BCUT2D eigenvalue weighted by atomic mass is 19.1. The molecule has 104 valence electrons. The zero-order chi connectivity index (χ0) is 13.4. The van der Waals surface area contributed by atoms with E-state index in [1.165, 1.54) is 18.6 Å². The van der Waals surface area contributed by atoms with E-state index in [1.54, 1.807) is 13.0 Å². The van der Waals surface area contributed by atoms with Crippen LogP contribution in [-0.4, -0.2) is 30.4 Å². The van der Waals surface area contributed by atoms with Gasteiger partial charge in [0.05, 0.1) is 24.9 Å². The van der Waals surface area contributed by atoms with Crippen molar-refractivity contribution in [3.05, 3.63) is 29.6 Å². The fraction of sp³-hybridized carbons (Fsp3) is 0.600. The Hall–Kier alpha value is -1.13. The molecule has 0 radical (unpaired) electrons. The first-order valence-corrected chi connectivity index (χ1v) is 7.02. The Bertz CT molecular complexity index is 463. The van der Waals surface area contributed by atoms with Crippen LogP contribution in [0.5, 0.6) is 0 Å². The zero-order valence-electron chi connectivity index (χ0n) is 11.2. The van der Waals surface area contributed by atoms with Gasteiger partial charge in [-0.25, -0.2) is 4.39 Å². The van der Waals surface area contributed by atoms with Gasteiger partial charge in [0.1, 0.15) is 5.82 Å². The molecule has 19 heavy (non-hydrogen) atoms. The van der Waals surface area contributed by atoms with E-state index in [0.29, 0.717) is 24.3 Å². The molecule has 0 amide bonds. The standard InChI is InChI=1S/C15H20FNO2/c1-10(18)12-9-11(16)5-6-13(12)17-7-8-19-15-4-2-3-14(15)17/h5-6,9-10,14-15,18H,2-4,7-8H2,1H3. The number of aliphatic hydroxyl groups excluding tert-OH is 1. The highest BCUT2D eigenvalue weighted by Crippen LogP contribution is 2.36. The van der Waals surface area contributed by atoms with Crippen molar-refractivity contribution in [2.75, 3.05) is 18.1 Å². The number of ether oxygens (including phenoxy) is 1. The predicted octanol–water partition coefficient (Wildman–Crippen LogP) is 2.64. The summed E-state index contributed by atoms with van der Waals surface area (Å²) < 4.78 is 19.2. The van der Waals surface area contributed by atoms with Crippen molar-refractivity contribution in [3.8, 4) is 0 Å². The van der Waals surface area contributed by atoms with Crippen LogP contribution in [0.25, 0.3) is 0 Å². The molecule has 0 bridgehead atoms. The van der Waals surface area contributed by atoms with E-state index in [2.05, 4.69) is 4.90 Å². The number of halogens is 1. The molecule has 1 aromatic carbocycles. The van der Waals surface area contributed by atoms with Gasteiger partial charge in [0.2, 0.25) is 0 Å². The summed E-state index contributed by atoms with van der Waals surface area (Å²) in [7, 11) is 0. The fourth-order valence-electron chi connectivity index (χ4n) is 3.35. The van der Waals surface area contributed by atoms with Crippen LogP contribution in [0.1, 0.15) is 37.9 Å². The maximum absolute atomic E-state index is 13.4. The first kappa shape index (κ1) is 12.9. The minimum atomic E-state index is -0.659. The predicted molar refractivity (Wildman–Crippen MR) is 71.8 cm³/mol. The third-order valence-corrected chi connectivity index (χ3v) is 4.23. The van der Waals surface area contributed by atoms with Gasteiger partial charge in [0.25, 0.3) is 0 Å². The summed E-state index contributed by atoms with van der Waals surface area (Å²) in [6, 6.07) is 5.08. The van der Waals surface area contributed by atoms with Gasteiger partial charge in [-0.1, -0.05) is 0 Å². The largest absolute Gasteiger partial charge is 0.389 e. The smallest absolute Gasteiger partial charge is 0.123 e. The lowest BCUT2D eigenvalue weighted by Crippen LogP contribution is -2.49. The lowest BCUT2D eigenvalue weighted by atomic mass is 10.0. The van der Waals surface area contributed by atoms with Crippen molar-refractivity contribution < 1.29 is 14.2 Å². The normalized spacial score (nSPS) is 28.3. The zero-order valence-corrected chi connectivity index (χ0v) is 11.2. The Labute approximate surface area is 113 Å². The Morgan fingerprint density at radius 1 is 1.42 bits per heavy atom. The van der Waals surface area contributed by atoms with Gasteiger partial charge < -0.3 is 14.7 Å². The maximum Gasteiger partial charge on any atom is 0.123 e. The van der Waals surface area contributed by atoms with Crippen LogP contribution < -0.4 is 4.90 Å². The fourth-order valence-corrected chi connectivity index (χ4v) is 3.35. The molecule has 2 aliphatic rings. The first-order chi connectivity index (χ1) is 9.16. The molecule has 2 fully saturated rings. The van der Waals surface area contributed by atoms with Gasteiger partial charge in [-0.3, -0.25) is 0 Å². The number of rotatable bonds is 2. The molecule has 4 heteroatoms. The summed E-state index contributed by atoms with van der Waals surface area (Å²) in [6.45, 7) is 3.20. The van der Waals surface area contributed by atoms with Crippen molar-refractivity contribution in [3.63, 3.8) is 0 Å². The number of benzene rings is 1. The second-order valence-electron chi connectivity index (χ2n) is 5.48. The van der Waals surface area contributed by atoms with Crippen LogP contribution in [0.2, 0.25) is 0 Å². The van der Waals surface area contributed by atoms with E-state index >= 15 is 0 Å². The van der Waals surface area contributed by atoms with Gasteiger partial charge in [-0.05, 0) is 44.4 Å². The van der Waals surface area contributed by atoms with Crippen molar-refractivity contribution in [2.24, 2.45) is 0 Å². The molecule has 3 rings (SSSR count). The summed E-state index contributed by atoms with van der Waals surface area (Å²) in [5, 5.41) is 9.88. The van der Waals surface area contributed by atoms with Crippen LogP contribution in [0.4, 0.5) is 10.1 Å². The lowest BCUT2D eigenvalue weighted by molar-refractivity contribution is 0.0254. The number of hydrogen-bond acceptors (Lipinski definition) is 3. The highest BCUT2D eigenvalue weighted by Gasteiger charge is 2.37. The molecule has 1 saturated carbocycles. The molecule has 1 heterocycles. The van der Waals surface area contributed by atoms with Crippen LogP contribution in [-0.2, 0) is 4.74 Å². The van der Waals surface area contributed by atoms with Gasteiger partial charge >= 0.3 is 0 Å². The Balaban J connectivity index is 1.96. The average Bonchev–Trinajstić information content (AvgIpc) is 2.86. The van der Waals surface area contributed by atoms with Crippen LogP contribution in [0, 0.1) is 5.82 Å². The quantitative estimate of drug-likeness (QED) is 0.892. The van der Waals surface area contributed by atoms with Crippen LogP contribution >= 0.6 is 0 Å². The molecular formula is C15H20FNO2. The van der Waals surface area contributed by atoms with Gasteiger partial charge in [-0.2, -0.15) is 0 Å². The van der Waals surface area contributed by atoms with E-state index in [1.807, 2.05) is 0 Å². The molecular weight excluding hydrogens is 245 g/mol. The molecule has 3 unspecified atom stereocenters. The molecule has 0 aromatic heterocycles. The van der Waals surface area contributed by atoms with Gasteiger partial charge in [0.15, 0.2) is 0 Å². The number of nitrogens with zero attached hydrogens (tertiary/aromatic N) is 1. The van der Waals surface area contributed by atoms with Crippen molar-refractivity contribution in [1.29, 1.82) is 0 Å².